The smallest absolute Gasteiger partial charge is 0.180 e. The lowest BCUT2D eigenvalue weighted by Crippen LogP contribution is -2.72. The highest BCUT2D eigenvalue weighted by Gasteiger charge is 2.50. The van der Waals surface area contributed by atoms with Gasteiger partial charge in [0.1, 0.15) is 0 Å². The number of hydrogen-bond donors (Lipinski definition) is 0. The minimum Gasteiger partial charge on any atom is -0.310 e. The molecule has 1 aliphatic carbocycles. The second kappa shape index (κ2) is 13.8. The fraction of sp³-hybridized carbons (Fsp3) is 0.0526. The molecule has 1 heterocycles. The third kappa shape index (κ3) is 5.44. The monoisotopic (exact) mass is 769 g/mol. The zero-order chi connectivity index (χ0) is 39.6. The van der Waals surface area contributed by atoms with Crippen LogP contribution in [0.2, 0.25) is 0 Å². The molecular formula is C57H43NSi. The van der Waals surface area contributed by atoms with Crippen LogP contribution in [0.15, 0.2) is 224 Å². The summed E-state index contributed by atoms with van der Waals surface area (Å²) in [5.41, 5.74) is 16.3. The Morgan fingerprint density at radius 2 is 0.864 bits per heavy atom. The lowest BCUT2D eigenvalue weighted by Gasteiger charge is -2.33. The Morgan fingerprint density at radius 1 is 0.356 bits per heavy atom. The van der Waals surface area contributed by atoms with Crippen molar-refractivity contribution >= 4 is 45.9 Å². The van der Waals surface area contributed by atoms with E-state index in [1.807, 2.05) is 0 Å². The second-order valence-electron chi connectivity index (χ2n) is 16.5. The summed E-state index contributed by atoms with van der Waals surface area (Å²) in [5, 5.41) is 5.64. The van der Waals surface area contributed by atoms with E-state index < -0.39 is 8.07 Å². The van der Waals surface area contributed by atoms with E-state index in [0.29, 0.717) is 0 Å². The third-order valence-corrected chi connectivity index (χ3v) is 17.8. The van der Waals surface area contributed by atoms with Gasteiger partial charge in [-0.25, -0.2) is 0 Å². The van der Waals surface area contributed by atoms with E-state index in [1.165, 1.54) is 82.1 Å². The lowest BCUT2D eigenvalue weighted by molar-refractivity contribution is 0.660. The molecule has 0 atom stereocenters. The average Bonchev–Trinajstić information content (AvgIpc) is 3.73. The molecule has 2 heteroatoms. The third-order valence-electron chi connectivity index (χ3n) is 13.0. The molecule has 2 aliphatic rings. The molecule has 0 unspecified atom stereocenters. The van der Waals surface area contributed by atoms with Crippen molar-refractivity contribution in [2.45, 2.75) is 19.3 Å². The van der Waals surface area contributed by atoms with E-state index >= 15 is 0 Å². The zero-order valence-corrected chi connectivity index (χ0v) is 34.3. The average molecular weight is 770 g/mol. The molecule has 0 bridgehead atoms. The highest BCUT2D eigenvalue weighted by atomic mass is 28.3. The van der Waals surface area contributed by atoms with Crippen molar-refractivity contribution in [1.82, 2.24) is 0 Å². The summed E-state index contributed by atoms with van der Waals surface area (Å²) in [6, 6.07) is 83.9. The van der Waals surface area contributed by atoms with Gasteiger partial charge >= 0.3 is 0 Å². The maximum Gasteiger partial charge on any atom is 0.180 e. The SMILES string of the molecule is CC1(C)c2ccccc2-c2ccc(N(c3ccc(-c4ccccc4)cc3)c3cccc4c3-c3ccc(-c5ccccc5)cc3[Si]4(c3ccccc3)c3ccccc3)cc21. The number of benzene rings is 9. The van der Waals surface area contributed by atoms with Crippen LogP contribution >= 0.6 is 0 Å². The Morgan fingerprint density at radius 3 is 1.53 bits per heavy atom. The fourth-order valence-corrected chi connectivity index (χ4v) is 15.4. The molecule has 0 saturated carbocycles. The van der Waals surface area contributed by atoms with Crippen LogP contribution in [-0.4, -0.2) is 8.07 Å². The standard InChI is InChI=1S/C57H43NSi/c1-57(2)51-27-16-15-26-48(51)49-37-35-45(39-52(49)57)58(44-33-30-42(31-34-44)40-18-7-3-8-19-40)53-28-17-29-54-56(53)50-36-32-43(41-20-9-4-10-21-41)38-55(50)59(54,46-22-11-5-12-23-46)47-24-13-6-14-25-47/h3-39H,1-2H3. The summed E-state index contributed by atoms with van der Waals surface area (Å²) in [6.45, 7) is 4.75. The number of nitrogens with zero attached hydrogens (tertiary/aromatic N) is 1. The van der Waals surface area contributed by atoms with Crippen LogP contribution in [0.5, 0.6) is 0 Å². The molecule has 0 fully saturated rings. The predicted octanol–water partition coefficient (Wildman–Crippen LogP) is 12.2. The van der Waals surface area contributed by atoms with Gasteiger partial charge in [0.2, 0.25) is 0 Å². The van der Waals surface area contributed by atoms with Crippen LogP contribution in [0.3, 0.4) is 0 Å². The van der Waals surface area contributed by atoms with Crippen molar-refractivity contribution in [3.05, 3.63) is 236 Å². The highest BCUT2D eigenvalue weighted by Crippen LogP contribution is 2.51. The van der Waals surface area contributed by atoms with E-state index in [2.05, 4.69) is 243 Å². The van der Waals surface area contributed by atoms with Crippen LogP contribution in [0.4, 0.5) is 17.1 Å². The van der Waals surface area contributed by atoms with Crippen LogP contribution in [-0.2, 0) is 5.41 Å². The molecule has 59 heavy (non-hydrogen) atoms. The molecule has 0 N–H and O–H groups in total. The molecule has 0 radical (unpaired) electrons. The van der Waals surface area contributed by atoms with Gasteiger partial charge < -0.3 is 4.90 Å². The number of rotatable bonds is 7. The van der Waals surface area contributed by atoms with Gasteiger partial charge in [0.05, 0.1) is 5.69 Å². The Kier molecular flexibility index (Phi) is 8.25. The molecule has 0 saturated heterocycles. The highest BCUT2D eigenvalue weighted by molar-refractivity contribution is 7.22. The molecule has 9 aromatic rings. The summed E-state index contributed by atoms with van der Waals surface area (Å²) in [4.78, 5) is 2.53. The minimum absolute atomic E-state index is 0.132. The minimum atomic E-state index is -2.83. The van der Waals surface area contributed by atoms with Crippen LogP contribution in [0.1, 0.15) is 25.0 Å². The van der Waals surface area contributed by atoms with Gasteiger partial charge in [-0.2, -0.15) is 0 Å². The second-order valence-corrected chi connectivity index (χ2v) is 20.2. The molecular weight excluding hydrogens is 727 g/mol. The number of fused-ring (bicyclic) bond motifs is 6. The molecule has 0 amide bonds. The van der Waals surface area contributed by atoms with Crippen LogP contribution < -0.4 is 25.6 Å². The van der Waals surface area contributed by atoms with Gasteiger partial charge in [0, 0.05) is 22.4 Å². The Bertz CT molecular complexity index is 2950. The maximum atomic E-state index is 2.53. The molecule has 0 spiro atoms. The van der Waals surface area contributed by atoms with E-state index in [1.54, 1.807) is 0 Å². The molecule has 1 nitrogen and oxygen atoms in total. The van der Waals surface area contributed by atoms with Crippen LogP contribution in [0.25, 0.3) is 44.5 Å². The van der Waals surface area contributed by atoms with Crippen molar-refractivity contribution in [1.29, 1.82) is 0 Å². The molecule has 0 aromatic heterocycles. The first-order valence-electron chi connectivity index (χ1n) is 20.7. The first kappa shape index (κ1) is 35.2. The van der Waals surface area contributed by atoms with Gasteiger partial charge in [-0.1, -0.05) is 208 Å². The number of anilines is 3. The van der Waals surface area contributed by atoms with Crippen molar-refractivity contribution in [2.24, 2.45) is 0 Å². The predicted molar refractivity (Wildman–Crippen MR) is 252 cm³/mol. The van der Waals surface area contributed by atoms with E-state index in [-0.39, 0.29) is 5.41 Å². The summed E-state index contributed by atoms with van der Waals surface area (Å²) in [6.07, 6.45) is 0. The van der Waals surface area contributed by atoms with Crippen molar-refractivity contribution in [3.8, 4) is 44.5 Å². The summed E-state index contributed by atoms with van der Waals surface area (Å²) in [5.74, 6) is 0. The normalized spacial score (nSPS) is 13.9. The van der Waals surface area contributed by atoms with E-state index in [4.69, 9.17) is 0 Å². The summed E-state index contributed by atoms with van der Waals surface area (Å²) < 4.78 is 0. The maximum absolute atomic E-state index is 2.83. The van der Waals surface area contributed by atoms with Gasteiger partial charge in [-0.3, -0.25) is 0 Å². The molecule has 11 rings (SSSR count). The van der Waals surface area contributed by atoms with Gasteiger partial charge in [-0.15, -0.1) is 0 Å². The van der Waals surface area contributed by atoms with Gasteiger partial charge in [0.15, 0.2) is 8.07 Å². The van der Waals surface area contributed by atoms with Crippen molar-refractivity contribution < 1.29 is 0 Å². The van der Waals surface area contributed by atoms with E-state index in [9.17, 15) is 0 Å². The van der Waals surface area contributed by atoms with Gasteiger partial charge in [0.25, 0.3) is 0 Å². The fourth-order valence-electron chi connectivity index (χ4n) is 10.2. The van der Waals surface area contributed by atoms with E-state index in [0.717, 1.165) is 11.4 Å². The lowest BCUT2D eigenvalue weighted by atomic mass is 9.82. The quantitative estimate of drug-likeness (QED) is 0.146. The number of hydrogen-bond acceptors (Lipinski definition) is 1. The van der Waals surface area contributed by atoms with Crippen LogP contribution in [0, 0.1) is 0 Å². The zero-order valence-electron chi connectivity index (χ0n) is 33.3. The Balaban J connectivity index is 1.20. The first-order valence-corrected chi connectivity index (χ1v) is 22.7. The summed E-state index contributed by atoms with van der Waals surface area (Å²) >= 11 is 0. The van der Waals surface area contributed by atoms with Crippen molar-refractivity contribution in [3.63, 3.8) is 0 Å². The molecule has 280 valence electrons. The summed E-state index contributed by atoms with van der Waals surface area (Å²) in [7, 11) is -2.83. The Hall–Kier alpha value is -7.00. The Labute approximate surface area is 348 Å². The van der Waals surface area contributed by atoms with Crippen molar-refractivity contribution in [2.75, 3.05) is 4.90 Å². The molecule has 1 aliphatic heterocycles. The largest absolute Gasteiger partial charge is 0.310 e. The van der Waals surface area contributed by atoms with Gasteiger partial charge in [-0.05, 0) is 101 Å². The molecule has 9 aromatic carbocycles. The topological polar surface area (TPSA) is 3.24 Å². The first-order chi connectivity index (χ1) is 29.0.